The van der Waals surface area contributed by atoms with Crippen molar-refractivity contribution in [1.82, 2.24) is 0 Å². The number of hydrogen-bond acceptors (Lipinski definition) is 5. The van der Waals surface area contributed by atoms with Crippen LogP contribution in [0.25, 0.3) is 0 Å². The molecule has 0 aliphatic heterocycles. The summed E-state index contributed by atoms with van der Waals surface area (Å²) in [5, 5.41) is 8.25. The van der Waals surface area contributed by atoms with Gasteiger partial charge in [0.2, 0.25) is 0 Å². The van der Waals surface area contributed by atoms with Crippen LogP contribution in [0.4, 0.5) is 9.59 Å². The molecule has 0 spiro atoms. The summed E-state index contributed by atoms with van der Waals surface area (Å²) in [7, 11) is 0. The minimum atomic E-state index is -1.69. The van der Waals surface area contributed by atoms with Gasteiger partial charge in [-0.2, -0.15) is 9.68 Å². The smallest absolute Gasteiger partial charge is 0.447 e. The molecule has 0 aliphatic carbocycles. The molecule has 0 amide bonds. The van der Waals surface area contributed by atoms with Gasteiger partial charge in [0.25, 0.3) is 0 Å². The van der Waals surface area contributed by atoms with Gasteiger partial charge < -0.3 is 9.84 Å². The van der Waals surface area contributed by atoms with Crippen LogP contribution >= 0.6 is 0 Å². The first-order valence-corrected chi connectivity index (χ1v) is 7.13. The van der Waals surface area contributed by atoms with Crippen LogP contribution in [0.2, 0.25) is 0 Å². The van der Waals surface area contributed by atoms with E-state index in [4.69, 9.17) is 9.84 Å². The van der Waals surface area contributed by atoms with Crippen molar-refractivity contribution in [3.8, 4) is 0 Å². The molecule has 0 aromatic carbocycles. The standard InChI is InChI=1S/C14H26O6/c1-5-7-9-11(10-8-6-2)14(3,4)18-13(17)20-19-12(15)16/h11H,5-10H2,1-4H3,(H,15,16). The summed E-state index contributed by atoms with van der Waals surface area (Å²) >= 11 is 0. The number of unbranched alkanes of at least 4 members (excludes halogenated alkanes) is 2. The molecule has 6 heteroatoms. The zero-order chi connectivity index (χ0) is 15.6. The molecule has 0 aromatic heterocycles. The average Bonchev–Trinajstić information content (AvgIpc) is 2.35. The van der Waals surface area contributed by atoms with Crippen molar-refractivity contribution in [2.75, 3.05) is 0 Å². The number of rotatable bonds is 8. The zero-order valence-electron chi connectivity index (χ0n) is 12.8. The van der Waals surface area contributed by atoms with Gasteiger partial charge >= 0.3 is 12.3 Å². The highest BCUT2D eigenvalue weighted by Crippen LogP contribution is 2.31. The monoisotopic (exact) mass is 290 g/mol. The van der Waals surface area contributed by atoms with Crippen molar-refractivity contribution in [3.05, 3.63) is 0 Å². The topological polar surface area (TPSA) is 82.1 Å². The van der Waals surface area contributed by atoms with E-state index in [1.165, 1.54) is 0 Å². The van der Waals surface area contributed by atoms with Gasteiger partial charge in [-0.3, -0.25) is 0 Å². The highest BCUT2D eigenvalue weighted by molar-refractivity contribution is 5.62. The van der Waals surface area contributed by atoms with Crippen LogP contribution in [-0.2, 0) is 14.5 Å². The fourth-order valence-electron chi connectivity index (χ4n) is 2.13. The Morgan fingerprint density at radius 2 is 1.55 bits per heavy atom. The molecule has 6 nitrogen and oxygen atoms in total. The lowest BCUT2D eigenvalue weighted by atomic mass is 9.82. The molecule has 0 aliphatic rings. The summed E-state index contributed by atoms with van der Waals surface area (Å²) in [6.45, 7) is 7.84. The Morgan fingerprint density at radius 1 is 1.05 bits per heavy atom. The second-order valence-electron chi connectivity index (χ2n) is 5.37. The van der Waals surface area contributed by atoms with E-state index in [-0.39, 0.29) is 5.92 Å². The predicted octanol–water partition coefficient (Wildman–Crippen LogP) is 4.52. The van der Waals surface area contributed by atoms with Crippen molar-refractivity contribution in [2.24, 2.45) is 5.92 Å². The highest BCUT2D eigenvalue weighted by Gasteiger charge is 2.33. The van der Waals surface area contributed by atoms with Crippen LogP contribution in [0.1, 0.15) is 66.2 Å². The lowest BCUT2D eigenvalue weighted by molar-refractivity contribution is -0.225. The average molecular weight is 290 g/mol. The molecule has 0 bridgehead atoms. The van der Waals surface area contributed by atoms with Crippen molar-refractivity contribution in [3.63, 3.8) is 0 Å². The molecular formula is C14H26O6. The van der Waals surface area contributed by atoms with Crippen LogP contribution in [0.5, 0.6) is 0 Å². The Bertz CT molecular complexity index is 292. The third-order valence-electron chi connectivity index (χ3n) is 3.32. The summed E-state index contributed by atoms with van der Waals surface area (Å²) in [5.74, 6) is 0.208. The largest absolute Gasteiger partial charge is 0.550 e. The van der Waals surface area contributed by atoms with Crippen LogP contribution < -0.4 is 0 Å². The fourth-order valence-corrected chi connectivity index (χ4v) is 2.13. The molecule has 0 aromatic rings. The summed E-state index contributed by atoms with van der Waals surface area (Å²) in [4.78, 5) is 29.3. The molecule has 0 radical (unpaired) electrons. The van der Waals surface area contributed by atoms with Gasteiger partial charge in [-0.15, -0.1) is 0 Å². The first-order chi connectivity index (χ1) is 9.33. The molecule has 0 atom stereocenters. The minimum absolute atomic E-state index is 0.208. The predicted molar refractivity (Wildman–Crippen MR) is 73.3 cm³/mol. The normalized spacial score (nSPS) is 11.2. The van der Waals surface area contributed by atoms with Crippen LogP contribution in [0.3, 0.4) is 0 Å². The molecule has 20 heavy (non-hydrogen) atoms. The highest BCUT2D eigenvalue weighted by atomic mass is 17.3. The van der Waals surface area contributed by atoms with E-state index >= 15 is 0 Å². The molecule has 118 valence electrons. The molecule has 0 fully saturated rings. The van der Waals surface area contributed by atoms with E-state index in [0.29, 0.717) is 0 Å². The molecule has 0 unspecified atom stereocenters. The number of ether oxygens (including phenoxy) is 1. The van der Waals surface area contributed by atoms with Gasteiger partial charge in [0.05, 0.1) is 0 Å². The fraction of sp³-hybridized carbons (Fsp3) is 0.857. The Kier molecular flexibility index (Phi) is 8.76. The van der Waals surface area contributed by atoms with E-state index in [9.17, 15) is 9.59 Å². The first kappa shape index (κ1) is 18.5. The zero-order valence-corrected chi connectivity index (χ0v) is 12.8. The minimum Gasteiger partial charge on any atom is -0.447 e. The Labute approximate surface area is 120 Å². The Morgan fingerprint density at radius 3 is 1.95 bits per heavy atom. The molecule has 1 N–H and O–H groups in total. The van der Waals surface area contributed by atoms with Gasteiger partial charge in [0, 0.05) is 0 Å². The summed E-state index contributed by atoms with van der Waals surface area (Å²) < 4.78 is 5.20. The Balaban J connectivity index is 4.49. The van der Waals surface area contributed by atoms with Gasteiger partial charge in [0.15, 0.2) is 0 Å². The molecule has 0 saturated heterocycles. The second-order valence-corrected chi connectivity index (χ2v) is 5.37. The van der Waals surface area contributed by atoms with E-state index in [0.717, 1.165) is 38.5 Å². The van der Waals surface area contributed by atoms with Crippen molar-refractivity contribution < 1.29 is 29.2 Å². The second kappa shape index (κ2) is 9.44. The maximum Gasteiger partial charge on any atom is 0.550 e. The number of hydrogen-bond donors (Lipinski definition) is 1. The SMILES string of the molecule is CCCCC(CCCC)C(C)(C)OC(=O)OOC(=O)O. The van der Waals surface area contributed by atoms with Crippen molar-refractivity contribution in [1.29, 1.82) is 0 Å². The number of carboxylic acid groups (broad SMARTS) is 1. The lowest BCUT2D eigenvalue weighted by Crippen LogP contribution is -2.37. The van der Waals surface area contributed by atoms with Crippen molar-refractivity contribution in [2.45, 2.75) is 71.8 Å². The van der Waals surface area contributed by atoms with Gasteiger partial charge in [-0.25, -0.2) is 9.68 Å². The summed E-state index contributed by atoms with van der Waals surface area (Å²) in [6.07, 6.45) is 3.36. The van der Waals surface area contributed by atoms with E-state index in [1.807, 2.05) is 13.8 Å². The van der Waals surface area contributed by atoms with Crippen LogP contribution in [0.15, 0.2) is 0 Å². The van der Waals surface area contributed by atoms with Gasteiger partial charge in [0.1, 0.15) is 5.60 Å². The van der Waals surface area contributed by atoms with Crippen molar-refractivity contribution >= 4 is 12.3 Å². The number of carbonyl (C=O) groups is 2. The molecule has 0 saturated carbocycles. The first-order valence-electron chi connectivity index (χ1n) is 7.13. The molecular weight excluding hydrogens is 264 g/mol. The third-order valence-corrected chi connectivity index (χ3v) is 3.32. The maximum atomic E-state index is 11.4. The molecule has 0 rings (SSSR count). The van der Waals surface area contributed by atoms with Crippen LogP contribution in [-0.4, -0.2) is 23.0 Å². The van der Waals surface area contributed by atoms with E-state index < -0.39 is 17.9 Å². The summed E-state index contributed by atoms with van der Waals surface area (Å²) in [5.41, 5.74) is -0.719. The van der Waals surface area contributed by atoms with Gasteiger partial charge in [-0.1, -0.05) is 39.5 Å². The Hall–Kier alpha value is -1.46. The van der Waals surface area contributed by atoms with Gasteiger partial charge in [-0.05, 0) is 32.6 Å². The maximum absolute atomic E-state index is 11.4. The van der Waals surface area contributed by atoms with Crippen LogP contribution in [0, 0.1) is 5.92 Å². The lowest BCUT2D eigenvalue weighted by Gasteiger charge is -2.33. The van der Waals surface area contributed by atoms with E-state index in [1.54, 1.807) is 0 Å². The summed E-state index contributed by atoms with van der Waals surface area (Å²) in [6, 6.07) is 0. The third kappa shape index (κ3) is 7.86. The quantitative estimate of drug-likeness (QED) is 0.402. The van der Waals surface area contributed by atoms with E-state index in [2.05, 4.69) is 23.6 Å². The molecule has 0 heterocycles. The number of carbonyl (C=O) groups excluding carboxylic acids is 1.